The third-order valence-corrected chi connectivity index (χ3v) is 5.94. The number of carbonyl (C=O) groups is 1. The predicted octanol–water partition coefficient (Wildman–Crippen LogP) is 0.160. The molecular weight excluding hydrogens is 449 g/mol. The van der Waals surface area contributed by atoms with Crippen molar-refractivity contribution in [3.63, 3.8) is 0 Å². The minimum Gasteiger partial charge on any atom is -0.468 e. The zero-order valence-electron chi connectivity index (χ0n) is 19.3. The number of amides is 1. The summed E-state index contributed by atoms with van der Waals surface area (Å²) < 4.78 is 7.17. The van der Waals surface area contributed by atoms with Crippen LogP contribution >= 0.6 is 0 Å². The van der Waals surface area contributed by atoms with Crippen molar-refractivity contribution in [1.29, 1.82) is 0 Å². The molecule has 0 saturated carbocycles. The second kappa shape index (κ2) is 8.98. The van der Waals surface area contributed by atoms with Gasteiger partial charge in [0.25, 0.3) is 5.91 Å². The standard InChI is InChI=1S/C23H24BN7O4/c1-30-11-16-17(12-30)27-22(29-21(16)26-10-13-5-3-6-14(9-13)24(33)34)31-18-8-4-7-15(20(25)32)19(18)28-23(31)35-2/h3-9,33-34H,10-12H2,1-2H3,(H2,25,32)(H,26,27,29). The van der Waals surface area contributed by atoms with Crippen LogP contribution in [0.4, 0.5) is 5.82 Å². The molecule has 12 heteroatoms. The van der Waals surface area contributed by atoms with Crippen LogP contribution in [0.2, 0.25) is 0 Å². The third-order valence-electron chi connectivity index (χ3n) is 5.94. The van der Waals surface area contributed by atoms with E-state index < -0.39 is 13.0 Å². The molecule has 0 spiro atoms. The number of carbonyl (C=O) groups excluding carboxylic acids is 1. The fourth-order valence-electron chi connectivity index (χ4n) is 4.30. The number of para-hydroxylation sites is 1. The molecule has 0 saturated heterocycles. The number of hydrogen-bond acceptors (Lipinski definition) is 9. The van der Waals surface area contributed by atoms with Gasteiger partial charge in [0.05, 0.1) is 23.9 Å². The van der Waals surface area contributed by atoms with Gasteiger partial charge in [0.1, 0.15) is 11.3 Å². The zero-order valence-corrected chi connectivity index (χ0v) is 19.3. The average molecular weight is 473 g/mol. The number of anilines is 1. The van der Waals surface area contributed by atoms with Gasteiger partial charge in [-0.25, -0.2) is 9.55 Å². The van der Waals surface area contributed by atoms with E-state index in [1.807, 2.05) is 13.1 Å². The number of nitrogens with two attached hydrogens (primary N) is 1. The van der Waals surface area contributed by atoms with Gasteiger partial charge in [-0.05, 0) is 30.2 Å². The summed E-state index contributed by atoms with van der Waals surface area (Å²) in [6.45, 7) is 1.75. The fraction of sp³-hybridized carbons (Fsp3) is 0.217. The van der Waals surface area contributed by atoms with E-state index in [2.05, 4.69) is 15.2 Å². The van der Waals surface area contributed by atoms with Crippen LogP contribution in [0, 0.1) is 0 Å². The highest BCUT2D eigenvalue weighted by molar-refractivity contribution is 6.58. The van der Waals surface area contributed by atoms with Gasteiger partial charge in [-0.1, -0.05) is 30.3 Å². The molecule has 2 aromatic carbocycles. The quantitative estimate of drug-likeness (QED) is 0.275. The maximum Gasteiger partial charge on any atom is 0.488 e. The van der Waals surface area contributed by atoms with Gasteiger partial charge < -0.3 is 25.8 Å². The normalized spacial score (nSPS) is 13.1. The lowest BCUT2D eigenvalue weighted by atomic mass is 9.80. The van der Waals surface area contributed by atoms with Crippen LogP contribution in [0.25, 0.3) is 17.0 Å². The number of ether oxygens (including phenoxy) is 1. The lowest BCUT2D eigenvalue weighted by Gasteiger charge is -2.14. The Morgan fingerprint density at radius 1 is 1.17 bits per heavy atom. The molecule has 1 amide bonds. The Balaban J connectivity index is 1.59. The first-order valence-electron chi connectivity index (χ1n) is 11.0. The maximum absolute atomic E-state index is 11.9. The van der Waals surface area contributed by atoms with Crippen LogP contribution in [0.15, 0.2) is 42.5 Å². The van der Waals surface area contributed by atoms with Crippen LogP contribution in [0.1, 0.15) is 27.2 Å². The largest absolute Gasteiger partial charge is 0.488 e. The molecule has 178 valence electrons. The molecule has 0 aliphatic carbocycles. The molecule has 1 aliphatic heterocycles. The van der Waals surface area contributed by atoms with E-state index in [0.717, 1.165) is 16.8 Å². The number of rotatable bonds is 7. The second-order valence-electron chi connectivity index (χ2n) is 8.41. The first-order valence-corrected chi connectivity index (χ1v) is 11.0. The van der Waals surface area contributed by atoms with Crippen molar-refractivity contribution in [2.45, 2.75) is 19.6 Å². The molecule has 0 fully saturated rings. The van der Waals surface area contributed by atoms with Crippen LogP contribution in [0.3, 0.4) is 0 Å². The van der Waals surface area contributed by atoms with Crippen molar-refractivity contribution in [1.82, 2.24) is 24.4 Å². The highest BCUT2D eigenvalue weighted by atomic mass is 16.5. The topological polar surface area (TPSA) is 152 Å². The molecule has 11 nitrogen and oxygen atoms in total. The molecule has 5 N–H and O–H groups in total. The molecule has 0 radical (unpaired) electrons. The van der Waals surface area contributed by atoms with Gasteiger partial charge in [0.2, 0.25) is 5.95 Å². The summed E-state index contributed by atoms with van der Waals surface area (Å²) in [5, 5.41) is 22.3. The summed E-state index contributed by atoms with van der Waals surface area (Å²) in [6.07, 6.45) is 0. The molecule has 5 rings (SSSR count). The highest BCUT2D eigenvalue weighted by Gasteiger charge is 2.26. The Labute approximate surface area is 201 Å². The molecule has 1 aliphatic rings. The summed E-state index contributed by atoms with van der Waals surface area (Å²) in [5.74, 6) is 0.415. The van der Waals surface area contributed by atoms with Crippen molar-refractivity contribution < 1.29 is 19.6 Å². The molecule has 4 aromatic rings. The van der Waals surface area contributed by atoms with E-state index in [0.29, 0.717) is 47.9 Å². The Bertz CT molecular complexity index is 1440. The number of benzene rings is 2. The molecule has 35 heavy (non-hydrogen) atoms. The van der Waals surface area contributed by atoms with Crippen molar-refractivity contribution in [3.8, 4) is 12.0 Å². The van der Waals surface area contributed by atoms with Gasteiger partial charge in [-0.3, -0.25) is 9.69 Å². The van der Waals surface area contributed by atoms with E-state index in [4.69, 9.17) is 20.4 Å². The van der Waals surface area contributed by atoms with Gasteiger partial charge >= 0.3 is 13.1 Å². The number of fused-ring (bicyclic) bond motifs is 2. The summed E-state index contributed by atoms with van der Waals surface area (Å²) in [6, 6.07) is 12.4. The Morgan fingerprint density at radius 3 is 2.71 bits per heavy atom. The number of aromatic nitrogens is 4. The zero-order chi connectivity index (χ0) is 24.7. The molecule has 3 heterocycles. The smallest absolute Gasteiger partial charge is 0.468 e. The van der Waals surface area contributed by atoms with Crippen molar-refractivity contribution in [2.75, 3.05) is 19.5 Å². The van der Waals surface area contributed by atoms with E-state index in [1.165, 1.54) is 7.11 Å². The Hall–Kier alpha value is -4.00. The molecular formula is C23H24BN7O4. The maximum atomic E-state index is 11.9. The predicted molar refractivity (Wildman–Crippen MR) is 130 cm³/mol. The number of nitrogens with one attached hydrogen (secondary N) is 1. The minimum atomic E-state index is -1.54. The van der Waals surface area contributed by atoms with E-state index >= 15 is 0 Å². The number of hydrogen-bond donors (Lipinski definition) is 4. The lowest BCUT2D eigenvalue weighted by Crippen LogP contribution is -2.30. The molecule has 0 atom stereocenters. The summed E-state index contributed by atoms with van der Waals surface area (Å²) in [5.41, 5.74) is 9.97. The Morgan fingerprint density at radius 2 is 1.97 bits per heavy atom. The molecule has 0 unspecified atom stereocenters. The van der Waals surface area contributed by atoms with Gasteiger partial charge in [-0.2, -0.15) is 9.97 Å². The first-order chi connectivity index (χ1) is 16.9. The van der Waals surface area contributed by atoms with Crippen molar-refractivity contribution in [2.24, 2.45) is 5.73 Å². The van der Waals surface area contributed by atoms with Crippen LogP contribution in [-0.2, 0) is 19.6 Å². The number of methoxy groups -OCH3 is 1. The van der Waals surface area contributed by atoms with E-state index in [9.17, 15) is 14.8 Å². The van der Waals surface area contributed by atoms with Crippen LogP contribution in [-0.4, -0.2) is 61.7 Å². The van der Waals surface area contributed by atoms with Crippen LogP contribution in [0.5, 0.6) is 6.01 Å². The monoisotopic (exact) mass is 473 g/mol. The molecule has 0 bridgehead atoms. The summed E-state index contributed by atoms with van der Waals surface area (Å²) in [7, 11) is 1.96. The van der Waals surface area contributed by atoms with Gasteiger partial charge in [-0.15, -0.1) is 0 Å². The van der Waals surface area contributed by atoms with E-state index in [-0.39, 0.29) is 11.6 Å². The highest BCUT2D eigenvalue weighted by Crippen LogP contribution is 2.31. The number of imidazole rings is 1. The number of nitrogens with zero attached hydrogens (tertiary/aromatic N) is 5. The summed E-state index contributed by atoms with van der Waals surface area (Å²) >= 11 is 0. The SMILES string of the molecule is COc1nc2c(C(N)=O)cccc2n1-c1nc2c(c(NCc3cccc(B(O)O)c3)n1)CN(C)C2. The first kappa shape index (κ1) is 22.8. The van der Waals surface area contributed by atoms with Gasteiger partial charge in [0.15, 0.2) is 0 Å². The van der Waals surface area contributed by atoms with Crippen molar-refractivity contribution >= 4 is 35.3 Å². The van der Waals surface area contributed by atoms with Crippen molar-refractivity contribution in [3.05, 3.63) is 64.8 Å². The third kappa shape index (κ3) is 4.18. The average Bonchev–Trinajstić information content (AvgIpc) is 3.41. The van der Waals surface area contributed by atoms with E-state index in [1.54, 1.807) is 41.0 Å². The second-order valence-corrected chi connectivity index (χ2v) is 8.41. The lowest BCUT2D eigenvalue weighted by molar-refractivity contribution is 0.100. The van der Waals surface area contributed by atoms with Crippen LogP contribution < -0.4 is 21.3 Å². The minimum absolute atomic E-state index is 0.232. The Kier molecular flexibility index (Phi) is 5.85. The summed E-state index contributed by atoms with van der Waals surface area (Å²) in [4.78, 5) is 28.1. The van der Waals surface area contributed by atoms with Gasteiger partial charge in [0, 0.05) is 25.2 Å². The molecule has 2 aromatic heterocycles. The number of primary amides is 1. The fourth-order valence-corrected chi connectivity index (χ4v) is 4.30.